The molecule has 0 saturated carbocycles. The molecule has 3 rings (SSSR count). The van der Waals surface area contributed by atoms with Gasteiger partial charge in [0.2, 0.25) is 5.91 Å². The van der Waals surface area contributed by atoms with E-state index in [-0.39, 0.29) is 24.4 Å². The van der Waals surface area contributed by atoms with Crippen molar-refractivity contribution in [2.45, 2.75) is 25.9 Å². The summed E-state index contributed by atoms with van der Waals surface area (Å²) in [4.78, 5) is 35.3. The first-order valence-corrected chi connectivity index (χ1v) is 9.44. The molecule has 0 bridgehead atoms. The molecular weight excluding hydrogens is 374 g/mol. The fourth-order valence-corrected chi connectivity index (χ4v) is 2.89. The Bertz CT molecular complexity index is 854. The van der Waals surface area contributed by atoms with E-state index >= 15 is 0 Å². The van der Waals surface area contributed by atoms with E-state index in [1.165, 1.54) is 6.92 Å². The summed E-state index contributed by atoms with van der Waals surface area (Å²) in [5.41, 5.74) is 1.32. The molecule has 0 unspecified atom stereocenters. The molecular formula is C22H23NO6. The molecule has 152 valence electrons. The van der Waals surface area contributed by atoms with Gasteiger partial charge >= 0.3 is 5.97 Å². The number of Topliss-reactive ketones (excluding diaryl/α,β-unsaturated/α-hetero) is 1. The predicted octanol–water partition coefficient (Wildman–Crippen LogP) is 3.24. The smallest absolute Gasteiger partial charge is 0.338 e. The van der Waals surface area contributed by atoms with E-state index in [0.717, 1.165) is 19.4 Å². The van der Waals surface area contributed by atoms with Crippen molar-refractivity contribution < 1.29 is 28.6 Å². The molecule has 1 saturated heterocycles. The molecule has 0 aromatic heterocycles. The van der Waals surface area contributed by atoms with Gasteiger partial charge in [-0.05, 0) is 61.4 Å². The Labute approximate surface area is 169 Å². The first kappa shape index (κ1) is 20.5. The minimum Gasteiger partial charge on any atom is -0.491 e. The molecule has 0 aliphatic carbocycles. The van der Waals surface area contributed by atoms with Crippen molar-refractivity contribution in [2.24, 2.45) is 0 Å². The Morgan fingerprint density at radius 3 is 2.34 bits per heavy atom. The van der Waals surface area contributed by atoms with Crippen molar-refractivity contribution in [3.63, 3.8) is 0 Å². The minimum absolute atomic E-state index is 0.123. The van der Waals surface area contributed by atoms with Crippen LogP contribution >= 0.6 is 0 Å². The molecule has 1 aliphatic rings. The molecule has 1 aliphatic heterocycles. The minimum atomic E-state index is -0.584. The lowest BCUT2D eigenvalue weighted by atomic mass is 10.1. The second-order valence-electron chi connectivity index (χ2n) is 6.73. The number of hydrogen-bond donors (Lipinski definition) is 1. The number of benzene rings is 2. The van der Waals surface area contributed by atoms with Crippen LogP contribution in [0.2, 0.25) is 0 Å². The molecule has 7 heteroatoms. The van der Waals surface area contributed by atoms with Crippen molar-refractivity contribution in [1.82, 2.24) is 0 Å². The standard InChI is InChI=1S/C22H23NO6/c1-15(24)23-18-8-4-16(5-9-18)21(25)14-29-22(26)17-6-10-19(11-7-17)28-13-20-3-2-12-27-20/h4-11,20H,2-3,12-14H2,1H3,(H,23,24)/t20-/m1/s1. The zero-order chi connectivity index (χ0) is 20.6. The lowest BCUT2D eigenvalue weighted by Gasteiger charge is -2.11. The summed E-state index contributed by atoms with van der Waals surface area (Å²) < 4.78 is 16.3. The topological polar surface area (TPSA) is 90.9 Å². The van der Waals surface area contributed by atoms with Gasteiger partial charge in [0.1, 0.15) is 12.4 Å². The summed E-state index contributed by atoms with van der Waals surface area (Å²) in [6.45, 7) is 2.30. The Balaban J connectivity index is 1.46. The van der Waals surface area contributed by atoms with E-state index in [1.54, 1.807) is 48.5 Å². The molecule has 29 heavy (non-hydrogen) atoms. The van der Waals surface area contributed by atoms with E-state index in [1.807, 2.05) is 0 Å². The number of ether oxygens (including phenoxy) is 3. The summed E-state index contributed by atoms with van der Waals surface area (Å²) in [7, 11) is 0. The van der Waals surface area contributed by atoms with Crippen LogP contribution in [-0.4, -0.2) is 43.6 Å². The zero-order valence-corrected chi connectivity index (χ0v) is 16.2. The number of anilines is 1. The largest absolute Gasteiger partial charge is 0.491 e. The maximum Gasteiger partial charge on any atom is 0.338 e. The Hall–Kier alpha value is -3.19. The Kier molecular flexibility index (Phi) is 6.97. The molecule has 0 radical (unpaired) electrons. The highest BCUT2D eigenvalue weighted by Gasteiger charge is 2.16. The van der Waals surface area contributed by atoms with Crippen molar-refractivity contribution in [3.05, 3.63) is 59.7 Å². The van der Waals surface area contributed by atoms with Crippen molar-refractivity contribution in [2.75, 3.05) is 25.1 Å². The predicted molar refractivity (Wildman–Crippen MR) is 106 cm³/mol. The van der Waals surface area contributed by atoms with Crippen LogP contribution in [0, 0.1) is 0 Å². The van der Waals surface area contributed by atoms with E-state index < -0.39 is 5.97 Å². The molecule has 1 atom stereocenters. The number of amides is 1. The van der Waals surface area contributed by atoms with E-state index in [2.05, 4.69) is 5.32 Å². The highest BCUT2D eigenvalue weighted by molar-refractivity contribution is 6.00. The lowest BCUT2D eigenvalue weighted by Crippen LogP contribution is -2.16. The van der Waals surface area contributed by atoms with Crippen LogP contribution in [0.1, 0.15) is 40.5 Å². The van der Waals surface area contributed by atoms with Crippen molar-refractivity contribution >= 4 is 23.3 Å². The summed E-state index contributed by atoms with van der Waals surface area (Å²) in [6, 6.07) is 12.9. The van der Waals surface area contributed by atoms with Gasteiger partial charge in [-0.25, -0.2) is 4.79 Å². The first-order chi connectivity index (χ1) is 14.0. The summed E-state index contributed by atoms with van der Waals surface area (Å²) in [5, 5.41) is 2.62. The van der Waals surface area contributed by atoms with Crippen LogP contribution in [0.4, 0.5) is 5.69 Å². The third kappa shape index (κ3) is 6.15. The van der Waals surface area contributed by atoms with Crippen LogP contribution in [0.15, 0.2) is 48.5 Å². The van der Waals surface area contributed by atoms with Gasteiger partial charge < -0.3 is 19.5 Å². The average molecular weight is 397 g/mol. The fraction of sp³-hybridized carbons (Fsp3) is 0.318. The van der Waals surface area contributed by atoms with Gasteiger partial charge in [0.15, 0.2) is 12.4 Å². The van der Waals surface area contributed by atoms with Gasteiger partial charge in [0.25, 0.3) is 0 Å². The number of hydrogen-bond acceptors (Lipinski definition) is 6. The number of carbonyl (C=O) groups is 3. The molecule has 1 N–H and O–H groups in total. The molecule has 0 spiro atoms. The van der Waals surface area contributed by atoms with Crippen LogP contribution in [0.25, 0.3) is 0 Å². The highest BCUT2D eigenvalue weighted by atomic mass is 16.5. The fourth-order valence-electron chi connectivity index (χ4n) is 2.89. The molecule has 2 aromatic carbocycles. The third-order valence-electron chi connectivity index (χ3n) is 4.41. The normalized spacial score (nSPS) is 15.6. The highest BCUT2D eigenvalue weighted by Crippen LogP contribution is 2.17. The number of esters is 1. The average Bonchev–Trinajstić information content (AvgIpc) is 3.24. The maximum atomic E-state index is 12.2. The van der Waals surface area contributed by atoms with Crippen LogP contribution in [-0.2, 0) is 14.3 Å². The zero-order valence-electron chi connectivity index (χ0n) is 16.2. The quantitative estimate of drug-likeness (QED) is 0.543. The first-order valence-electron chi connectivity index (χ1n) is 9.44. The summed E-state index contributed by atoms with van der Waals surface area (Å²) in [5.74, 6) is -0.461. The Morgan fingerprint density at radius 2 is 1.72 bits per heavy atom. The van der Waals surface area contributed by atoms with Gasteiger partial charge in [-0.3, -0.25) is 9.59 Å². The van der Waals surface area contributed by atoms with Crippen molar-refractivity contribution in [3.8, 4) is 5.75 Å². The second-order valence-corrected chi connectivity index (χ2v) is 6.73. The van der Waals surface area contributed by atoms with Gasteiger partial charge in [0.05, 0.1) is 11.7 Å². The third-order valence-corrected chi connectivity index (χ3v) is 4.41. The van der Waals surface area contributed by atoms with E-state index in [0.29, 0.717) is 29.2 Å². The lowest BCUT2D eigenvalue weighted by molar-refractivity contribution is -0.114. The summed E-state index contributed by atoms with van der Waals surface area (Å²) in [6.07, 6.45) is 2.17. The van der Waals surface area contributed by atoms with Crippen molar-refractivity contribution in [1.29, 1.82) is 0 Å². The Morgan fingerprint density at radius 1 is 1.03 bits per heavy atom. The van der Waals surface area contributed by atoms with Gasteiger partial charge in [0, 0.05) is 24.8 Å². The molecule has 1 fully saturated rings. The molecule has 1 heterocycles. The molecule has 2 aromatic rings. The number of carbonyl (C=O) groups excluding carboxylic acids is 3. The molecule has 1 amide bonds. The van der Waals surface area contributed by atoms with Gasteiger partial charge in [-0.15, -0.1) is 0 Å². The number of rotatable bonds is 8. The van der Waals surface area contributed by atoms with Gasteiger partial charge in [-0.1, -0.05) is 0 Å². The van der Waals surface area contributed by atoms with E-state index in [9.17, 15) is 14.4 Å². The van der Waals surface area contributed by atoms with Crippen LogP contribution in [0.5, 0.6) is 5.75 Å². The SMILES string of the molecule is CC(=O)Nc1ccc(C(=O)COC(=O)c2ccc(OC[C@H]3CCCO3)cc2)cc1. The number of nitrogens with one attached hydrogen (secondary N) is 1. The van der Waals surface area contributed by atoms with Crippen LogP contribution < -0.4 is 10.1 Å². The van der Waals surface area contributed by atoms with E-state index in [4.69, 9.17) is 14.2 Å². The second kappa shape index (κ2) is 9.84. The monoisotopic (exact) mass is 397 g/mol. The maximum absolute atomic E-state index is 12.2. The summed E-state index contributed by atoms with van der Waals surface area (Å²) >= 11 is 0. The number of ketones is 1. The van der Waals surface area contributed by atoms with Crippen LogP contribution in [0.3, 0.4) is 0 Å². The van der Waals surface area contributed by atoms with Gasteiger partial charge in [-0.2, -0.15) is 0 Å². The molecule has 7 nitrogen and oxygen atoms in total.